The van der Waals surface area contributed by atoms with Crippen LogP contribution in [0.5, 0.6) is 0 Å². The fourth-order valence-electron chi connectivity index (χ4n) is 3.54. The number of nitrogens with zero attached hydrogens (tertiary/aromatic N) is 1. The Kier molecular flexibility index (Phi) is 3.52. The van der Waals surface area contributed by atoms with E-state index in [2.05, 4.69) is 12.2 Å². The number of hydrogen-bond donors (Lipinski definition) is 1. The molecule has 2 unspecified atom stereocenters. The zero-order valence-corrected chi connectivity index (χ0v) is 12.5. The summed E-state index contributed by atoms with van der Waals surface area (Å²) in [4.78, 5) is 38.0. The van der Waals surface area contributed by atoms with E-state index < -0.39 is 11.4 Å². The summed E-state index contributed by atoms with van der Waals surface area (Å²) in [5, 5.41) is 2.93. The lowest BCUT2D eigenvalue weighted by atomic mass is 9.66. The van der Waals surface area contributed by atoms with Crippen LogP contribution >= 0.6 is 11.8 Å². The van der Waals surface area contributed by atoms with Gasteiger partial charge in [-0.2, -0.15) is 11.8 Å². The van der Waals surface area contributed by atoms with Crippen molar-refractivity contribution in [2.24, 2.45) is 5.41 Å². The number of barbiturate groups is 1. The van der Waals surface area contributed by atoms with Gasteiger partial charge in [-0.25, -0.2) is 4.79 Å². The second-order valence-corrected chi connectivity index (χ2v) is 7.49. The van der Waals surface area contributed by atoms with Crippen LogP contribution in [-0.2, 0) is 9.59 Å². The maximum Gasteiger partial charge on any atom is 0.331 e. The molecular weight excluding hydrogens is 276 g/mol. The molecule has 20 heavy (non-hydrogen) atoms. The molecule has 1 saturated heterocycles. The van der Waals surface area contributed by atoms with Gasteiger partial charge in [0.15, 0.2) is 0 Å². The van der Waals surface area contributed by atoms with Crippen molar-refractivity contribution in [3.8, 4) is 0 Å². The zero-order chi connectivity index (χ0) is 14.3. The quantitative estimate of drug-likeness (QED) is 0.808. The number of urea groups is 1. The van der Waals surface area contributed by atoms with E-state index >= 15 is 0 Å². The lowest BCUT2D eigenvalue weighted by Gasteiger charge is -2.46. The summed E-state index contributed by atoms with van der Waals surface area (Å²) < 4.78 is 0. The molecule has 4 amide bonds. The molecule has 2 saturated carbocycles. The highest BCUT2D eigenvalue weighted by Crippen LogP contribution is 2.46. The van der Waals surface area contributed by atoms with Crippen LogP contribution < -0.4 is 5.32 Å². The minimum atomic E-state index is -0.927. The average molecular weight is 296 g/mol. The normalized spacial score (nSPS) is 32.5. The summed E-state index contributed by atoms with van der Waals surface area (Å²) in [6.45, 7) is 2.12. The molecule has 1 N–H and O–H groups in total. The third-order valence-corrected chi connectivity index (χ3v) is 6.07. The first-order valence-corrected chi connectivity index (χ1v) is 8.44. The number of carbonyl (C=O) groups excluding carboxylic acids is 3. The monoisotopic (exact) mass is 296 g/mol. The molecule has 3 rings (SSSR count). The predicted molar refractivity (Wildman–Crippen MR) is 76.2 cm³/mol. The molecule has 0 radical (unpaired) electrons. The molecule has 5 nitrogen and oxygen atoms in total. The van der Waals surface area contributed by atoms with Crippen molar-refractivity contribution < 1.29 is 14.4 Å². The highest BCUT2D eigenvalue weighted by Gasteiger charge is 2.58. The number of nitrogens with one attached hydrogen (secondary N) is 1. The van der Waals surface area contributed by atoms with Crippen LogP contribution in [0.2, 0.25) is 0 Å². The summed E-state index contributed by atoms with van der Waals surface area (Å²) in [7, 11) is 0. The summed E-state index contributed by atoms with van der Waals surface area (Å²) in [5.41, 5.74) is -0.927. The largest absolute Gasteiger partial charge is 0.331 e. The fraction of sp³-hybridized carbons (Fsp3) is 0.786. The molecule has 0 bridgehead atoms. The van der Waals surface area contributed by atoms with Gasteiger partial charge in [0.2, 0.25) is 11.8 Å². The standard InChI is InChI=1S/C14H20N2O3S/c1-2-20-10-5-4-9(8-10)16-12(18)14(6-3-7-14)11(17)15-13(16)19/h9-10H,2-8H2,1H3,(H,15,17,19). The van der Waals surface area contributed by atoms with Gasteiger partial charge in [-0.05, 0) is 37.9 Å². The molecule has 3 fully saturated rings. The van der Waals surface area contributed by atoms with Crippen molar-refractivity contribution in [3.63, 3.8) is 0 Å². The topological polar surface area (TPSA) is 66.5 Å². The molecule has 110 valence electrons. The zero-order valence-electron chi connectivity index (χ0n) is 11.7. The van der Waals surface area contributed by atoms with E-state index in [9.17, 15) is 14.4 Å². The molecule has 0 aromatic rings. The molecular formula is C14H20N2O3S. The van der Waals surface area contributed by atoms with Crippen molar-refractivity contribution in [3.05, 3.63) is 0 Å². The average Bonchev–Trinajstić information content (AvgIpc) is 2.75. The lowest BCUT2D eigenvalue weighted by molar-refractivity contribution is -0.159. The Bertz CT molecular complexity index is 461. The van der Waals surface area contributed by atoms with E-state index in [1.807, 2.05) is 11.8 Å². The highest BCUT2D eigenvalue weighted by atomic mass is 32.2. The van der Waals surface area contributed by atoms with Gasteiger partial charge in [0.1, 0.15) is 5.41 Å². The summed E-state index contributed by atoms with van der Waals surface area (Å²) >= 11 is 1.89. The molecule has 2 aliphatic carbocycles. The van der Waals surface area contributed by atoms with Gasteiger partial charge in [0, 0.05) is 11.3 Å². The number of rotatable bonds is 3. The SMILES string of the molecule is CCSC1CCC(N2C(=O)NC(=O)C3(CCC3)C2=O)C1. The van der Waals surface area contributed by atoms with Crippen molar-refractivity contribution in [1.82, 2.24) is 10.2 Å². The second kappa shape index (κ2) is 5.06. The Hall–Kier alpha value is -1.04. The molecule has 1 aliphatic heterocycles. The first kappa shape index (κ1) is 13.9. The Morgan fingerprint density at radius 3 is 2.65 bits per heavy atom. The van der Waals surface area contributed by atoms with Crippen molar-refractivity contribution in [2.75, 3.05) is 5.75 Å². The fourth-order valence-corrected chi connectivity index (χ4v) is 4.67. The Morgan fingerprint density at radius 2 is 2.05 bits per heavy atom. The lowest BCUT2D eigenvalue weighted by Crippen LogP contribution is -2.67. The van der Waals surface area contributed by atoms with Crippen LogP contribution in [0.4, 0.5) is 4.79 Å². The molecule has 3 aliphatic rings. The Morgan fingerprint density at radius 1 is 1.30 bits per heavy atom. The Labute approximate surface area is 122 Å². The molecule has 0 aromatic carbocycles. The molecule has 0 aromatic heterocycles. The van der Waals surface area contributed by atoms with Crippen LogP contribution in [0.25, 0.3) is 0 Å². The third kappa shape index (κ3) is 1.96. The smallest absolute Gasteiger partial charge is 0.277 e. The molecule has 6 heteroatoms. The summed E-state index contributed by atoms with van der Waals surface area (Å²) in [6, 6.07) is -0.540. The maximum absolute atomic E-state index is 12.6. The minimum absolute atomic E-state index is 0.0304. The van der Waals surface area contributed by atoms with Crippen LogP contribution in [0.3, 0.4) is 0 Å². The minimum Gasteiger partial charge on any atom is -0.277 e. The van der Waals surface area contributed by atoms with Crippen molar-refractivity contribution >= 4 is 29.6 Å². The third-order valence-electron chi connectivity index (χ3n) is 4.83. The predicted octanol–water partition coefficient (Wildman–Crippen LogP) is 1.91. The van der Waals surface area contributed by atoms with Crippen molar-refractivity contribution in [1.29, 1.82) is 0 Å². The van der Waals surface area contributed by atoms with Crippen LogP contribution in [0.15, 0.2) is 0 Å². The first-order valence-electron chi connectivity index (χ1n) is 7.39. The molecule has 1 spiro atoms. The van der Waals surface area contributed by atoms with Crippen LogP contribution in [0, 0.1) is 5.41 Å². The number of carbonyl (C=O) groups is 3. The highest BCUT2D eigenvalue weighted by molar-refractivity contribution is 7.99. The van der Waals surface area contributed by atoms with Gasteiger partial charge < -0.3 is 0 Å². The van der Waals surface area contributed by atoms with Gasteiger partial charge in [0.25, 0.3) is 0 Å². The summed E-state index contributed by atoms with van der Waals surface area (Å²) in [6.07, 6.45) is 4.83. The summed E-state index contributed by atoms with van der Waals surface area (Å²) in [5.74, 6) is 0.428. The van der Waals surface area contributed by atoms with Gasteiger partial charge in [0.05, 0.1) is 0 Å². The van der Waals surface area contributed by atoms with E-state index in [4.69, 9.17) is 0 Å². The number of thioether (sulfide) groups is 1. The van der Waals surface area contributed by atoms with E-state index in [1.165, 1.54) is 4.90 Å². The van der Waals surface area contributed by atoms with E-state index in [0.29, 0.717) is 18.1 Å². The number of hydrogen-bond acceptors (Lipinski definition) is 4. The van der Waals surface area contributed by atoms with Gasteiger partial charge >= 0.3 is 6.03 Å². The van der Waals surface area contributed by atoms with Gasteiger partial charge in [-0.15, -0.1) is 0 Å². The maximum atomic E-state index is 12.6. The van der Waals surface area contributed by atoms with Crippen molar-refractivity contribution in [2.45, 2.75) is 56.7 Å². The molecule has 1 heterocycles. The number of imide groups is 2. The Balaban J connectivity index is 1.77. The number of amides is 4. The first-order chi connectivity index (χ1) is 9.58. The van der Waals surface area contributed by atoms with E-state index in [0.717, 1.165) is 31.4 Å². The van der Waals surface area contributed by atoms with Gasteiger partial charge in [-0.1, -0.05) is 13.3 Å². The van der Waals surface area contributed by atoms with Crippen LogP contribution in [0.1, 0.15) is 45.4 Å². The second-order valence-electron chi connectivity index (χ2n) is 5.91. The van der Waals surface area contributed by atoms with Crippen LogP contribution in [-0.4, -0.2) is 39.8 Å². The molecule has 2 atom stereocenters. The van der Waals surface area contributed by atoms with E-state index in [-0.39, 0.29) is 17.9 Å². The van der Waals surface area contributed by atoms with Gasteiger partial charge in [-0.3, -0.25) is 19.8 Å². The van der Waals surface area contributed by atoms with E-state index in [1.54, 1.807) is 0 Å².